The first-order valence-corrected chi connectivity index (χ1v) is 9.04. The fourth-order valence-electron chi connectivity index (χ4n) is 2.98. The Morgan fingerprint density at radius 2 is 1.83 bits per heavy atom. The monoisotopic (exact) mass is 394 g/mol. The molecule has 1 aliphatic rings. The number of benzene rings is 2. The number of nitrogens with two attached hydrogens (primary N) is 1. The molecule has 0 fully saturated rings. The molecule has 0 bridgehead atoms. The van der Waals surface area contributed by atoms with Gasteiger partial charge in [-0.15, -0.1) is 0 Å². The van der Waals surface area contributed by atoms with Crippen LogP contribution in [0, 0.1) is 12.7 Å². The van der Waals surface area contributed by atoms with Crippen LogP contribution in [0.25, 0.3) is 0 Å². The van der Waals surface area contributed by atoms with Crippen molar-refractivity contribution in [2.24, 2.45) is 0 Å². The molecule has 0 unspecified atom stereocenters. The molecule has 3 aromatic rings. The number of nitrogens with zero attached hydrogens (tertiary/aromatic N) is 2. The van der Waals surface area contributed by atoms with Gasteiger partial charge in [-0.2, -0.15) is 0 Å². The van der Waals surface area contributed by atoms with Crippen LogP contribution in [0.5, 0.6) is 11.5 Å². The van der Waals surface area contributed by atoms with Crippen molar-refractivity contribution < 1.29 is 18.7 Å². The molecule has 4 rings (SSSR count). The summed E-state index contributed by atoms with van der Waals surface area (Å²) in [5, 5.41) is 2.78. The lowest BCUT2D eigenvalue weighted by molar-refractivity contribution is 0.0944. The van der Waals surface area contributed by atoms with Crippen LogP contribution in [0.1, 0.15) is 33.0 Å². The quantitative estimate of drug-likeness (QED) is 0.690. The van der Waals surface area contributed by atoms with E-state index in [9.17, 15) is 9.18 Å². The lowest BCUT2D eigenvalue weighted by Crippen LogP contribution is -2.26. The van der Waals surface area contributed by atoms with E-state index in [2.05, 4.69) is 15.3 Å². The second-order valence-electron chi connectivity index (χ2n) is 6.67. The smallest absolute Gasteiger partial charge is 0.270 e. The van der Waals surface area contributed by atoms with Crippen LogP contribution < -0.4 is 20.5 Å². The Bertz CT molecular complexity index is 1070. The highest BCUT2D eigenvalue weighted by atomic mass is 19.1. The Morgan fingerprint density at radius 3 is 2.62 bits per heavy atom. The number of halogens is 1. The van der Waals surface area contributed by atoms with Gasteiger partial charge in [-0.25, -0.2) is 14.4 Å². The third-order valence-electron chi connectivity index (χ3n) is 4.61. The van der Waals surface area contributed by atoms with Crippen LogP contribution in [0.15, 0.2) is 42.5 Å². The zero-order valence-electron chi connectivity index (χ0n) is 15.7. The largest absolute Gasteiger partial charge is 0.454 e. The molecule has 8 heteroatoms. The molecule has 2 aromatic carbocycles. The molecule has 0 spiro atoms. The lowest BCUT2D eigenvalue weighted by atomic mass is 10.1. The number of ether oxygens (including phenoxy) is 2. The normalized spacial score (nSPS) is 12.1. The standard InChI is InChI=1S/C21H19FN4O3/c1-12-19(21(27)24-10-13-2-5-15(22)6-3-13)25-18(26-20(12)23)9-14-4-7-16-17(8-14)29-11-28-16/h2-8H,9-11H2,1H3,(H,24,27)(H2,23,25,26). The second kappa shape index (κ2) is 7.75. The van der Waals surface area contributed by atoms with E-state index < -0.39 is 0 Å². The molecule has 0 atom stereocenters. The molecule has 0 saturated heterocycles. The Kier molecular flexibility index (Phi) is 4.99. The highest BCUT2D eigenvalue weighted by molar-refractivity contribution is 5.94. The Balaban J connectivity index is 1.51. The Hall–Kier alpha value is -3.68. The number of anilines is 1. The van der Waals surface area contributed by atoms with E-state index in [4.69, 9.17) is 15.2 Å². The van der Waals surface area contributed by atoms with Crippen molar-refractivity contribution in [1.29, 1.82) is 0 Å². The van der Waals surface area contributed by atoms with Gasteiger partial charge in [0.15, 0.2) is 11.5 Å². The van der Waals surface area contributed by atoms with Gasteiger partial charge in [-0.05, 0) is 42.3 Å². The van der Waals surface area contributed by atoms with Crippen LogP contribution in [0.2, 0.25) is 0 Å². The third kappa shape index (κ3) is 4.11. The van der Waals surface area contributed by atoms with Gasteiger partial charge in [0, 0.05) is 18.5 Å². The molecule has 1 aromatic heterocycles. The summed E-state index contributed by atoms with van der Waals surface area (Å²) in [6.07, 6.45) is 0.388. The number of carbonyl (C=O) groups is 1. The van der Waals surface area contributed by atoms with Crippen molar-refractivity contribution in [2.45, 2.75) is 19.9 Å². The molecule has 0 saturated carbocycles. The van der Waals surface area contributed by atoms with Crippen LogP contribution in [0.3, 0.4) is 0 Å². The second-order valence-corrected chi connectivity index (χ2v) is 6.67. The van der Waals surface area contributed by atoms with E-state index in [1.807, 2.05) is 18.2 Å². The van der Waals surface area contributed by atoms with Gasteiger partial charge in [-0.3, -0.25) is 4.79 Å². The van der Waals surface area contributed by atoms with E-state index in [1.54, 1.807) is 19.1 Å². The Morgan fingerprint density at radius 1 is 1.10 bits per heavy atom. The molecule has 1 aliphatic heterocycles. The molecule has 29 heavy (non-hydrogen) atoms. The average molecular weight is 394 g/mol. The van der Waals surface area contributed by atoms with E-state index in [0.717, 1.165) is 11.1 Å². The number of nitrogen functional groups attached to an aromatic ring is 1. The first-order chi connectivity index (χ1) is 14.0. The van der Waals surface area contributed by atoms with Gasteiger partial charge in [0.05, 0.1) is 0 Å². The van der Waals surface area contributed by atoms with Crippen LogP contribution in [-0.2, 0) is 13.0 Å². The number of rotatable bonds is 5. The molecule has 3 N–H and O–H groups in total. The average Bonchev–Trinajstić information content (AvgIpc) is 3.18. The van der Waals surface area contributed by atoms with Gasteiger partial charge < -0.3 is 20.5 Å². The molecule has 0 radical (unpaired) electrons. The molecule has 148 valence electrons. The highest BCUT2D eigenvalue weighted by Crippen LogP contribution is 2.33. The SMILES string of the molecule is Cc1c(N)nc(Cc2ccc3c(c2)OCO3)nc1C(=O)NCc1ccc(F)cc1. The van der Waals surface area contributed by atoms with Crippen LogP contribution in [-0.4, -0.2) is 22.7 Å². The number of fused-ring (bicyclic) bond motifs is 1. The van der Waals surface area contributed by atoms with Crippen molar-refractivity contribution >= 4 is 11.7 Å². The zero-order chi connectivity index (χ0) is 20.4. The number of hydrogen-bond acceptors (Lipinski definition) is 6. The molecular formula is C21H19FN4O3. The number of amides is 1. The van der Waals surface area contributed by atoms with Crippen molar-refractivity contribution in [3.8, 4) is 11.5 Å². The number of nitrogens with one attached hydrogen (secondary N) is 1. The van der Waals surface area contributed by atoms with Crippen molar-refractivity contribution in [3.05, 3.63) is 76.5 Å². The number of aromatic nitrogens is 2. The molecule has 1 amide bonds. The third-order valence-corrected chi connectivity index (χ3v) is 4.61. The molecule has 7 nitrogen and oxygen atoms in total. The maximum absolute atomic E-state index is 13.0. The van der Waals surface area contributed by atoms with Gasteiger partial charge >= 0.3 is 0 Å². The summed E-state index contributed by atoms with van der Waals surface area (Å²) in [6.45, 7) is 2.15. The fraction of sp³-hybridized carbons (Fsp3) is 0.190. The van der Waals surface area contributed by atoms with E-state index >= 15 is 0 Å². The summed E-state index contributed by atoms with van der Waals surface area (Å²) >= 11 is 0. The number of carbonyl (C=O) groups excluding carboxylic acids is 1. The molecular weight excluding hydrogens is 375 g/mol. The summed E-state index contributed by atoms with van der Waals surface area (Å²) in [5.41, 5.74) is 8.43. The van der Waals surface area contributed by atoms with Gasteiger partial charge in [0.1, 0.15) is 23.2 Å². The minimum absolute atomic E-state index is 0.200. The number of hydrogen-bond donors (Lipinski definition) is 2. The van der Waals surface area contributed by atoms with Crippen molar-refractivity contribution in [3.63, 3.8) is 0 Å². The van der Waals surface area contributed by atoms with Gasteiger partial charge in [-0.1, -0.05) is 18.2 Å². The molecule has 0 aliphatic carbocycles. The fourth-order valence-corrected chi connectivity index (χ4v) is 2.98. The predicted molar refractivity (Wildman–Crippen MR) is 104 cm³/mol. The summed E-state index contributed by atoms with van der Waals surface area (Å²) in [5.74, 6) is 1.35. The minimum Gasteiger partial charge on any atom is -0.454 e. The van der Waals surface area contributed by atoms with E-state index in [1.165, 1.54) is 12.1 Å². The summed E-state index contributed by atoms with van der Waals surface area (Å²) in [7, 11) is 0. The van der Waals surface area contributed by atoms with Gasteiger partial charge in [0.25, 0.3) is 5.91 Å². The zero-order valence-corrected chi connectivity index (χ0v) is 15.7. The van der Waals surface area contributed by atoms with Gasteiger partial charge in [0.2, 0.25) is 6.79 Å². The summed E-state index contributed by atoms with van der Waals surface area (Å²) in [4.78, 5) is 21.4. The highest BCUT2D eigenvalue weighted by Gasteiger charge is 2.18. The van der Waals surface area contributed by atoms with E-state index in [0.29, 0.717) is 29.3 Å². The summed E-state index contributed by atoms with van der Waals surface area (Å²) in [6, 6.07) is 11.5. The van der Waals surface area contributed by atoms with Crippen molar-refractivity contribution in [1.82, 2.24) is 15.3 Å². The minimum atomic E-state index is -0.368. The maximum Gasteiger partial charge on any atom is 0.270 e. The predicted octanol–water partition coefficient (Wildman–Crippen LogP) is 2.76. The van der Waals surface area contributed by atoms with Crippen LogP contribution >= 0.6 is 0 Å². The summed E-state index contributed by atoms with van der Waals surface area (Å²) < 4.78 is 23.7. The topological polar surface area (TPSA) is 99.4 Å². The lowest BCUT2D eigenvalue weighted by Gasteiger charge is -2.11. The van der Waals surface area contributed by atoms with Crippen LogP contribution in [0.4, 0.5) is 10.2 Å². The first kappa shape index (κ1) is 18.7. The van der Waals surface area contributed by atoms with E-state index in [-0.39, 0.29) is 36.6 Å². The molecule has 2 heterocycles. The van der Waals surface area contributed by atoms with Crippen molar-refractivity contribution in [2.75, 3.05) is 12.5 Å². The maximum atomic E-state index is 13.0. The first-order valence-electron chi connectivity index (χ1n) is 9.04. The Labute approximate surface area is 166 Å².